The van der Waals surface area contributed by atoms with Gasteiger partial charge in [-0.25, -0.2) is 0 Å². The molecule has 3 aromatic heterocycles. The summed E-state index contributed by atoms with van der Waals surface area (Å²) in [6, 6.07) is 9.87. The van der Waals surface area contributed by atoms with Gasteiger partial charge in [0.05, 0.1) is 11.2 Å². The Balaban J connectivity index is 1.74. The van der Waals surface area contributed by atoms with Crippen LogP contribution in [0.2, 0.25) is 0 Å². The number of nitrogens with one attached hydrogen (secondary N) is 1. The molecule has 0 aliphatic carbocycles. The van der Waals surface area contributed by atoms with Crippen LogP contribution in [-0.4, -0.2) is 21.5 Å². The first kappa shape index (κ1) is 13.0. The maximum absolute atomic E-state index is 4.42. The summed E-state index contributed by atoms with van der Waals surface area (Å²) in [6.07, 6.45) is 6.27. The topological polar surface area (TPSA) is 50.7 Å². The standard InChI is InChI=1S/C15H13BrN4/c16-11-9-14-15(20-10-11)13(5-8-19-14)18-7-4-12-3-1-2-6-17-12/h1-3,5-6,8-10H,4,7H2,(H,18,19). The SMILES string of the molecule is Brc1cnc2c(NCCc3ccccn3)ccnc2c1. The number of hydrogen-bond donors (Lipinski definition) is 1. The van der Waals surface area contributed by atoms with E-state index < -0.39 is 0 Å². The minimum Gasteiger partial charge on any atom is -0.383 e. The predicted octanol–water partition coefficient (Wildman–Crippen LogP) is 3.44. The molecule has 3 heterocycles. The Morgan fingerprint density at radius 1 is 1.05 bits per heavy atom. The molecule has 0 aliphatic rings. The van der Waals surface area contributed by atoms with Crippen molar-refractivity contribution in [1.82, 2.24) is 15.0 Å². The van der Waals surface area contributed by atoms with Crippen LogP contribution in [0.15, 0.2) is 53.4 Å². The molecule has 20 heavy (non-hydrogen) atoms. The molecule has 5 heteroatoms. The highest BCUT2D eigenvalue weighted by atomic mass is 79.9. The van der Waals surface area contributed by atoms with Gasteiger partial charge in [-0.2, -0.15) is 0 Å². The number of halogens is 1. The van der Waals surface area contributed by atoms with E-state index in [1.807, 2.05) is 36.5 Å². The third-order valence-corrected chi connectivity index (χ3v) is 3.40. The van der Waals surface area contributed by atoms with Crippen molar-refractivity contribution in [3.05, 3.63) is 59.1 Å². The van der Waals surface area contributed by atoms with E-state index in [2.05, 4.69) is 36.2 Å². The van der Waals surface area contributed by atoms with Gasteiger partial charge in [0.25, 0.3) is 0 Å². The van der Waals surface area contributed by atoms with Gasteiger partial charge in [-0.1, -0.05) is 6.07 Å². The number of anilines is 1. The molecule has 1 N–H and O–H groups in total. The van der Waals surface area contributed by atoms with Crippen LogP contribution in [0.5, 0.6) is 0 Å². The minimum atomic E-state index is 0.813. The normalized spacial score (nSPS) is 10.7. The summed E-state index contributed by atoms with van der Waals surface area (Å²) in [6.45, 7) is 0.813. The molecule has 0 radical (unpaired) electrons. The summed E-state index contributed by atoms with van der Waals surface area (Å²) in [5, 5.41) is 3.40. The number of nitrogens with zero attached hydrogens (tertiary/aromatic N) is 3. The van der Waals surface area contributed by atoms with Gasteiger partial charge < -0.3 is 5.32 Å². The van der Waals surface area contributed by atoms with E-state index in [1.165, 1.54) is 0 Å². The molecule has 3 aromatic rings. The van der Waals surface area contributed by atoms with Gasteiger partial charge in [0, 0.05) is 41.7 Å². The fourth-order valence-corrected chi connectivity index (χ4v) is 2.34. The van der Waals surface area contributed by atoms with Crippen molar-refractivity contribution in [2.24, 2.45) is 0 Å². The molecule has 100 valence electrons. The monoisotopic (exact) mass is 328 g/mol. The second-order valence-electron chi connectivity index (χ2n) is 4.38. The molecule has 0 saturated carbocycles. The first-order valence-electron chi connectivity index (χ1n) is 6.37. The van der Waals surface area contributed by atoms with E-state index in [0.29, 0.717) is 0 Å². The zero-order valence-electron chi connectivity index (χ0n) is 10.8. The second-order valence-corrected chi connectivity index (χ2v) is 5.29. The first-order chi connectivity index (χ1) is 9.83. The Hall–Kier alpha value is -2.01. The minimum absolute atomic E-state index is 0.813. The Labute approximate surface area is 125 Å². The maximum atomic E-state index is 4.42. The third-order valence-electron chi connectivity index (χ3n) is 2.97. The number of pyridine rings is 3. The van der Waals surface area contributed by atoms with Crippen molar-refractivity contribution in [2.45, 2.75) is 6.42 Å². The summed E-state index contributed by atoms with van der Waals surface area (Å²) < 4.78 is 0.933. The van der Waals surface area contributed by atoms with E-state index in [-0.39, 0.29) is 0 Å². The quantitative estimate of drug-likeness (QED) is 0.797. The summed E-state index contributed by atoms with van der Waals surface area (Å²) in [5.41, 5.74) is 3.84. The summed E-state index contributed by atoms with van der Waals surface area (Å²) in [4.78, 5) is 13.1. The Morgan fingerprint density at radius 3 is 2.85 bits per heavy atom. The van der Waals surface area contributed by atoms with Gasteiger partial charge in [-0.15, -0.1) is 0 Å². The highest BCUT2D eigenvalue weighted by Crippen LogP contribution is 2.21. The molecule has 0 aromatic carbocycles. The van der Waals surface area contributed by atoms with Crippen LogP contribution in [-0.2, 0) is 6.42 Å². The largest absolute Gasteiger partial charge is 0.383 e. The Kier molecular flexibility index (Phi) is 3.87. The van der Waals surface area contributed by atoms with E-state index in [9.17, 15) is 0 Å². The lowest BCUT2D eigenvalue weighted by atomic mass is 10.2. The molecule has 0 unspecified atom stereocenters. The van der Waals surface area contributed by atoms with Crippen LogP contribution in [0.25, 0.3) is 11.0 Å². The molecule has 0 saturated heterocycles. The first-order valence-corrected chi connectivity index (χ1v) is 7.16. The molecule has 3 rings (SSSR count). The van der Waals surface area contributed by atoms with Crippen LogP contribution < -0.4 is 5.32 Å². The number of aromatic nitrogens is 3. The number of fused-ring (bicyclic) bond motifs is 1. The van der Waals surface area contributed by atoms with Crippen molar-refractivity contribution < 1.29 is 0 Å². The van der Waals surface area contributed by atoms with Crippen LogP contribution in [0.3, 0.4) is 0 Å². The van der Waals surface area contributed by atoms with Crippen molar-refractivity contribution in [1.29, 1.82) is 0 Å². The van der Waals surface area contributed by atoms with Crippen LogP contribution >= 0.6 is 15.9 Å². The summed E-state index contributed by atoms with van der Waals surface area (Å²) >= 11 is 3.41. The molecular formula is C15H13BrN4. The van der Waals surface area contributed by atoms with Crippen molar-refractivity contribution in [3.8, 4) is 0 Å². The molecular weight excluding hydrogens is 316 g/mol. The highest BCUT2D eigenvalue weighted by molar-refractivity contribution is 9.10. The smallest absolute Gasteiger partial charge is 0.112 e. The van der Waals surface area contributed by atoms with Crippen molar-refractivity contribution in [2.75, 3.05) is 11.9 Å². The summed E-state index contributed by atoms with van der Waals surface area (Å²) in [5.74, 6) is 0. The van der Waals surface area contributed by atoms with E-state index in [0.717, 1.165) is 39.9 Å². The highest BCUT2D eigenvalue weighted by Gasteiger charge is 2.03. The van der Waals surface area contributed by atoms with Gasteiger partial charge in [0.2, 0.25) is 0 Å². The molecule has 0 aliphatic heterocycles. The van der Waals surface area contributed by atoms with Crippen molar-refractivity contribution in [3.63, 3.8) is 0 Å². The van der Waals surface area contributed by atoms with Gasteiger partial charge >= 0.3 is 0 Å². The van der Waals surface area contributed by atoms with Crippen LogP contribution in [0, 0.1) is 0 Å². The molecule has 4 nitrogen and oxygen atoms in total. The average Bonchev–Trinajstić information content (AvgIpc) is 2.48. The second kappa shape index (κ2) is 5.96. The third kappa shape index (κ3) is 2.93. The maximum Gasteiger partial charge on any atom is 0.112 e. The van der Waals surface area contributed by atoms with E-state index in [1.54, 1.807) is 12.4 Å². The molecule has 0 bridgehead atoms. The lowest BCUT2D eigenvalue weighted by Crippen LogP contribution is -2.06. The predicted molar refractivity (Wildman–Crippen MR) is 83.7 cm³/mol. The fourth-order valence-electron chi connectivity index (χ4n) is 2.02. The van der Waals surface area contributed by atoms with E-state index in [4.69, 9.17) is 0 Å². The van der Waals surface area contributed by atoms with Gasteiger partial charge in [0.1, 0.15) is 5.52 Å². The van der Waals surface area contributed by atoms with Crippen molar-refractivity contribution >= 4 is 32.7 Å². The Morgan fingerprint density at radius 2 is 2.00 bits per heavy atom. The van der Waals surface area contributed by atoms with E-state index >= 15 is 0 Å². The van der Waals surface area contributed by atoms with Crippen LogP contribution in [0.1, 0.15) is 5.69 Å². The van der Waals surface area contributed by atoms with Gasteiger partial charge in [-0.3, -0.25) is 15.0 Å². The molecule has 0 amide bonds. The lowest BCUT2D eigenvalue weighted by molar-refractivity contribution is 0.962. The zero-order chi connectivity index (χ0) is 13.8. The summed E-state index contributed by atoms with van der Waals surface area (Å²) in [7, 11) is 0. The fraction of sp³-hybridized carbons (Fsp3) is 0.133. The number of rotatable bonds is 4. The van der Waals surface area contributed by atoms with Gasteiger partial charge in [0.15, 0.2) is 0 Å². The lowest BCUT2D eigenvalue weighted by Gasteiger charge is -2.08. The van der Waals surface area contributed by atoms with Crippen LogP contribution in [0.4, 0.5) is 5.69 Å². The molecule has 0 spiro atoms. The average molecular weight is 329 g/mol. The number of hydrogen-bond acceptors (Lipinski definition) is 4. The Bertz CT molecular complexity index is 715. The molecule has 0 fully saturated rings. The zero-order valence-corrected chi connectivity index (χ0v) is 12.3. The van der Waals surface area contributed by atoms with Gasteiger partial charge in [-0.05, 0) is 40.2 Å². The molecule has 0 atom stereocenters.